The van der Waals surface area contributed by atoms with Gasteiger partial charge in [0.25, 0.3) is 0 Å². The zero-order valence-corrected chi connectivity index (χ0v) is 8.18. The molecular formula is C7H8ClNO3S. The van der Waals surface area contributed by atoms with Crippen molar-refractivity contribution in [1.29, 1.82) is 0 Å². The zero-order chi connectivity index (χ0) is 9.90. The Kier molecular flexibility index (Phi) is 3.27. The minimum Gasteiger partial charge on any atom is -0.253 e. The van der Waals surface area contributed by atoms with Crippen LogP contribution >= 0.6 is 11.6 Å². The highest BCUT2D eigenvalue weighted by atomic mass is 35.5. The molecule has 0 bridgehead atoms. The van der Waals surface area contributed by atoms with Gasteiger partial charge >= 0.3 is 10.3 Å². The number of hydrogen-bond donors (Lipinski definition) is 1. The molecule has 13 heavy (non-hydrogen) atoms. The molecule has 1 rings (SSSR count). The van der Waals surface area contributed by atoms with Crippen LogP contribution in [0.4, 0.5) is 0 Å². The molecule has 0 aliphatic rings. The van der Waals surface area contributed by atoms with Crippen LogP contribution in [0, 0.1) is 0 Å². The molecule has 0 unspecified atom stereocenters. The van der Waals surface area contributed by atoms with Crippen LogP contribution in [0.15, 0.2) is 24.3 Å². The van der Waals surface area contributed by atoms with Crippen molar-refractivity contribution in [2.75, 3.05) is 0 Å². The molecule has 0 saturated heterocycles. The fraction of sp³-hybridized carbons (Fsp3) is 0.143. The first-order chi connectivity index (χ1) is 5.97. The average Bonchev–Trinajstić information content (AvgIpc) is 2.00. The van der Waals surface area contributed by atoms with E-state index >= 15 is 0 Å². The van der Waals surface area contributed by atoms with Gasteiger partial charge in [0.2, 0.25) is 0 Å². The maximum atomic E-state index is 10.4. The lowest BCUT2D eigenvalue weighted by molar-refractivity contribution is 0.308. The molecule has 0 radical (unpaired) electrons. The van der Waals surface area contributed by atoms with Crippen LogP contribution in [0.2, 0.25) is 5.02 Å². The fourth-order valence-corrected chi connectivity index (χ4v) is 1.29. The quantitative estimate of drug-likeness (QED) is 0.830. The number of nitrogens with two attached hydrogens (primary N) is 1. The summed E-state index contributed by atoms with van der Waals surface area (Å²) in [5, 5.41) is 5.16. The van der Waals surface area contributed by atoms with E-state index in [0.29, 0.717) is 10.6 Å². The van der Waals surface area contributed by atoms with Crippen LogP contribution in [0.25, 0.3) is 0 Å². The minimum absolute atomic E-state index is 0.0978. The van der Waals surface area contributed by atoms with Crippen LogP contribution in [0.1, 0.15) is 5.56 Å². The standard InChI is InChI=1S/C7H8ClNO3S/c8-7-3-1-2-6(4-7)5-12-13(9,10)11/h1-4H,5H2,(H2,9,10,11). The summed E-state index contributed by atoms with van der Waals surface area (Å²) in [4.78, 5) is 0. The Bertz CT molecular complexity index is 390. The van der Waals surface area contributed by atoms with Crippen LogP contribution < -0.4 is 5.14 Å². The largest absolute Gasteiger partial charge is 0.333 e. The molecule has 1 aromatic carbocycles. The monoisotopic (exact) mass is 221 g/mol. The highest BCUT2D eigenvalue weighted by Gasteiger charge is 2.02. The van der Waals surface area contributed by atoms with Gasteiger partial charge in [-0.2, -0.15) is 8.42 Å². The van der Waals surface area contributed by atoms with E-state index in [9.17, 15) is 8.42 Å². The van der Waals surface area contributed by atoms with Crippen molar-refractivity contribution in [3.8, 4) is 0 Å². The molecule has 0 fully saturated rings. The molecule has 0 aliphatic heterocycles. The van der Waals surface area contributed by atoms with Crippen molar-refractivity contribution in [3.05, 3.63) is 34.9 Å². The zero-order valence-electron chi connectivity index (χ0n) is 6.60. The molecule has 0 amide bonds. The van der Waals surface area contributed by atoms with Crippen LogP contribution in [-0.4, -0.2) is 8.42 Å². The molecule has 6 heteroatoms. The van der Waals surface area contributed by atoms with Gasteiger partial charge in [0, 0.05) is 5.02 Å². The van der Waals surface area contributed by atoms with E-state index in [1.807, 2.05) is 0 Å². The third kappa shape index (κ3) is 4.23. The van der Waals surface area contributed by atoms with Gasteiger partial charge in [-0.15, -0.1) is 0 Å². The van der Waals surface area contributed by atoms with Gasteiger partial charge in [-0.25, -0.2) is 5.14 Å². The van der Waals surface area contributed by atoms with Gasteiger partial charge in [-0.1, -0.05) is 23.7 Å². The summed E-state index contributed by atoms with van der Waals surface area (Å²) >= 11 is 5.66. The van der Waals surface area contributed by atoms with Gasteiger partial charge in [0.05, 0.1) is 6.61 Å². The van der Waals surface area contributed by atoms with E-state index in [1.165, 1.54) is 0 Å². The van der Waals surface area contributed by atoms with Crippen molar-refractivity contribution in [2.45, 2.75) is 6.61 Å². The van der Waals surface area contributed by atoms with Crippen molar-refractivity contribution in [3.63, 3.8) is 0 Å². The molecule has 0 saturated carbocycles. The van der Waals surface area contributed by atoms with Gasteiger partial charge in [0.1, 0.15) is 0 Å². The molecule has 0 spiro atoms. The van der Waals surface area contributed by atoms with Crippen molar-refractivity contribution < 1.29 is 12.6 Å². The second-order valence-electron chi connectivity index (χ2n) is 2.38. The summed E-state index contributed by atoms with van der Waals surface area (Å²) in [6.45, 7) is -0.0978. The topological polar surface area (TPSA) is 69.4 Å². The maximum absolute atomic E-state index is 10.4. The first-order valence-electron chi connectivity index (χ1n) is 3.39. The predicted molar refractivity (Wildman–Crippen MR) is 49.3 cm³/mol. The first kappa shape index (κ1) is 10.5. The van der Waals surface area contributed by atoms with E-state index in [2.05, 4.69) is 9.32 Å². The van der Waals surface area contributed by atoms with Gasteiger partial charge in [-0.3, -0.25) is 4.18 Å². The lowest BCUT2D eigenvalue weighted by atomic mass is 10.2. The Hall–Kier alpha value is -0.620. The molecular weight excluding hydrogens is 214 g/mol. The summed E-state index contributed by atoms with van der Waals surface area (Å²) in [5.41, 5.74) is 0.654. The van der Waals surface area contributed by atoms with Crippen LogP contribution in [-0.2, 0) is 21.1 Å². The van der Waals surface area contributed by atoms with Crippen molar-refractivity contribution in [1.82, 2.24) is 0 Å². The Labute approximate surface area is 81.5 Å². The molecule has 0 heterocycles. The van der Waals surface area contributed by atoms with E-state index in [-0.39, 0.29) is 6.61 Å². The maximum Gasteiger partial charge on any atom is 0.333 e. The van der Waals surface area contributed by atoms with E-state index in [0.717, 1.165) is 0 Å². The second kappa shape index (κ2) is 4.06. The van der Waals surface area contributed by atoms with Crippen LogP contribution in [0.3, 0.4) is 0 Å². The first-order valence-corrected chi connectivity index (χ1v) is 5.24. The summed E-state index contributed by atoms with van der Waals surface area (Å²) in [7, 11) is -3.88. The predicted octanol–water partition coefficient (Wildman–Crippen LogP) is 1.06. The molecule has 4 nitrogen and oxygen atoms in total. The van der Waals surface area contributed by atoms with E-state index in [1.54, 1.807) is 24.3 Å². The summed E-state index contributed by atoms with van der Waals surface area (Å²) in [5.74, 6) is 0. The highest BCUT2D eigenvalue weighted by molar-refractivity contribution is 7.84. The summed E-state index contributed by atoms with van der Waals surface area (Å²) < 4.78 is 25.2. The molecule has 1 aromatic rings. The lowest BCUT2D eigenvalue weighted by Gasteiger charge is -2.00. The second-order valence-corrected chi connectivity index (χ2v) is 4.04. The smallest absolute Gasteiger partial charge is 0.253 e. The Morgan fingerprint density at radius 2 is 2.15 bits per heavy atom. The van der Waals surface area contributed by atoms with E-state index in [4.69, 9.17) is 11.6 Å². The van der Waals surface area contributed by atoms with Gasteiger partial charge in [-0.05, 0) is 17.7 Å². The lowest BCUT2D eigenvalue weighted by Crippen LogP contribution is -2.15. The van der Waals surface area contributed by atoms with Crippen LogP contribution in [0.5, 0.6) is 0 Å². The third-order valence-corrected chi connectivity index (χ3v) is 1.96. The number of halogens is 1. The molecule has 72 valence electrons. The van der Waals surface area contributed by atoms with Crippen molar-refractivity contribution in [2.24, 2.45) is 5.14 Å². The normalized spacial score (nSPS) is 11.5. The highest BCUT2D eigenvalue weighted by Crippen LogP contribution is 2.11. The Morgan fingerprint density at radius 3 is 2.69 bits per heavy atom. The fourth-order valence-electron chi connectivity index (χ4n) is 0.777. The number of hydrogen-bond acceptors (Lipinski definition) is 3. The average molecular weight is 222 g/mol. The summed E-state index contributed by atoms with van der Waals surface area (Å²) in [6, 6.07) is 6.68. The van der Waals surface area contributed by atoms with Gasteiger partial charge < -0.3 is 0 Å². The molecule has 2 N–H and O–H groups in total. The number of benzene rings is 1. The number of rotatable bonds is 3. The minimum atomic E-state index is -3.88. The Balaban J connectivity index is 2.65. The van der Waals surface area contributed by atoms with E-state index < -0.39 is 10.3 Å². The molecule has 0 aliphatic carbocycles. The SMILES string of the molecule is NS(=O)(=O)OCc1cccc(Cl)c1. The van der Waals surface area contributed by atoms with Gasteiger partial charge in [0.15, 0.2) is 0 Å². The summed E-state index contributed by atoms with van der Waals surface area (Å²) in [6.07, 6.45) is 0. The van der Waals surface area contributed by atoms with Crippen molar-refractivity contribution >= 4 is 21.9 Å². The molecule has 0 atom stereocenters. The third-order valence-electron chi connectivity index (χ3n) is 1.28. The Morgan fingerprint density at radius 1 is 1.46 bits per heavy atom. The molecule has 0 aromatic heterocycles.